The van der Waals surface area contributed by atoms with Gasteiger partial charge in [-0.2, -0.15) is 0 Å². The number of hydrogen-bond donors (Lipinski definition) is 0. The normalized spacial score (nSPS) is 12.5. The second-order valence-electron chi connectivity index (χ2n) is 6.42. The molecule has 0 radical (unpaired) electrons. The summed E-state index contributed by atoms with van der Waals surface area (Å²) < 4.78 is 12.2. The largest absolute Gasteiger partial charge is 0.496 e. The van der Waals surface area contributed by atoms with Crippen LogP contribution in [0.25, 0.3) is 0 Å². The van der Waals surface area contributed by atoms with Gasteiger partial charge in [0.1, 0.15) is 5.75 Å². The lowest BCUT2D eigenvalue weighted by atomic mass is 10.2. The zero-order chi connectivity index (χ0) is 15.3. The van der Waals surface area contributed by atoms with Gasteiger partial charge in [0.2, 0.25) is 0 Å². The van der Waals surface area contributed by atoms with E-state index in [2.05, 4.69) is 59.0 Å². The molecule has 2 nitrogen and oxygen atoms in total. The van der Waals surface area contributed by atoms with Crippen LogP contribution in [-0.4, -0.2) is 24.5 Å². The molecular formula is C16H30O2Si2. The Bertz CT molecular complexity index is 409. The Morgan fingerprint density at radius 3 is 2.05 bits per heavy atom. The van der Waals surface area contributed by atoms with E-state index < -0.39 is 17.4 Å². The van der Waals surface area contributed by atoms with Gasteiger partial charge in [-0.3, -0.25) is 0 Å². The van der Waals surface area contributed by atoms with Gasteiger partial charge in [-0.25, -0.2) is 0 Å². The molecule has 0 saturated carbocycles. The van der Waals surface area contributed by atoms with Crippen molar-refractivity contribution in [2.45, 2.75) is 57.9 Å². The lowest BCUT2D eigenvalue weighted by Gasteiger charge is -2.41. The smallest absolute Gasteiger partial charge is 0.189 e. The van der Waals surface area contributed by atoms with Crippen LogP contribution < -0.4 is 4.74 Å². The summed E-state index contributed by atoms with van der Waals surface area (Å²) >= 11 is 0. The molecule has 1 aromatic rings. The SMILES string of the molecule is COc1ccccc1C[Si](O[SiH](C)C)(C(C)C)C(C)C. The maximum atomic E-state index is 6.69. The third-order valence-electron chi connectivity index (χ3n) is 4.07. The Morgan fingerprint density at radius 1 is 1.05 bits per heavy atom. The maximum Gasteiger partial charge on any atom is 0.189 e. The highest BCUT2D eigenvalue weighted by atomic mass is 28.4. The molecule has 1 aromatic carbocycles. The minimum Gasteiger partial charge on any atom is -0.496 e. The highest BCUT2D eigenvalue weighted by Crippen LogP contribution is 2.38. The van der Waals surface area contributed by atoms with Crippen molar-refractivity contribution < 1.29 is 8.85 Å². The molecule has 0 amide bonds. The summed E-state index contributed by atoms with van der Waals surface area (Å²) in [5.74, 6) is 1.000. The summed E-state index contributed by atoms with van der Waals surface area (Å²) in [6.07, 6.45) is 0. The minimum absolute atomic E-state index is 0.613. The van der Waals surface area contributed by atoms with E-state index in [1.165, 1.54) is 5.56 Å². The average molecular weight is 311 g/mol. The third-order valence-corrected chi connectivity index (χ3v) is 12.6. The molecule has 1 rings (SSSR count). The molecule has 4 heteroatoms. The second-order valence-corrected chi connectivity index (χ2v) is 14.0. The molecular weight excluding hydrogens is 280 g/mol. The van der Waals surface area contributed by atoms with Crippen LogP contribution in [0.4, 0.5) is 0 Å². The molecule has 0 atom stereocenters. The van der Waals surface area contributed by atoms with E-state index >= 15 is 0 Å². The topological polar surface area (TPSA) is 18.5 Å². The molecule has 0 unspecified atom stereocenters. The molecule has 0 bridgehead atoms. The van der Waals surface area contributed by atoms with E-state index in [1.807, 2.05) is 6.07 Å². The van der Waals surface area contributed by atoms with Crippen molar-refractivity contribution in [3.8, 4) is 5.75 Å². The standard InChI is InChI=1S/C16H30O2Si2/c1-13(2)20(14(3)4,18-19(6)7)12-15-10-8-9-11-16(15)17-5/h8-11,13-14,19H,12H2,1-7H3. The van der Waals surface area contributed by atoms with Crippen molar-refractivity contribution in [1.82, 2.24) is 0 Å². The van der Waals surface area contributed by atoms with Crippen molar-refractivity contribution >= 4 is 17.4 Å². The van der Waals surface area contributed by atoms with Gasteiger partial charge in [-0.05, 0) is 41.9 Å². The van der Waals surface area contributed by atoms with Gasteiger partial charge in [0.25, 0.3) is 0 Å². The van der Waals surface area contributed by atoms with Gasteiger partial charge in [0, 0.05) is 0 Å². The first-order valence-electron chi connectivity index (χ1n) is 7.63. The van der Waals surface area contributed by atoms with E-state index in [9.17, 15) is 0 Å². The summed E-state index contributed by atoms with van der Waals surface area (Å²) in [5.41, 5.74) is 2.53. The van der Waals surface area contributed by atoms with Crippen molar-refractivity contribution in [3.05, 3.63) is 29.8 Å². The molecule has 0 aliphatic carbocycles. The number of ether oxygens (including phenoxy) is 1. The van der Waals surface area contributed by atoms with Crippen LogP contribution in [0.2, 0.25) is 24.2 Å². The van der Waals surface area contributed by atoms with Gasteiger partial charge in [-0.15, -0.1) is 0 Å². The molecule has 0 fully saturated rings. The van der Waals surface area contributed by atoms with E-state index in [0.29, 0.717) is 11.1 Å². The fourth-order valence-electron chi connectivity index (χ4n) is 2.97. The number of hydrogen-bond acceptors (Lipinski definition) is 2. The molecule has 0 aliphatic heterocycles. The first kappa shape index (κ1) is 17.5. The highest BCUT2D eigenvalue weighted by molar-refractivity contribution is 6.81. The quantitative estimate of drug-likeness (QED) is 0.688. The van der Waals surface area contributed by atoms with Crippen LogP contribution in [0.3, 0.4) is 0 Å². The summed E-state index contributed by atoms with van der Waals surface area (Å²) in [5, 5.41) is 0. The van der Waals surface area contributed by atoms with Gasteiger partial charge in [0.05, 0.1) is 7.11 Å². The number of benzene rings is 1. The molecule has 0 aromatic heterocycles. The van der Waals surface area contributed by atoms with Crippen LogP contribution >= 0.6 is 0 Å². The molecule has 0 heterocycles. The number of rotatable bonds is 7. The van der Waals surface area contributed by atoms with Crippen LogP contribution in [0.15, 0.2) is 24.3 Å². The summed E-state index contributed by atoms with van der Waals surface area (Å²) in [4.78, 5) is 0. The maximum absolute atomic E-state index is 6.69. The molecule has 20 heavy (non-hydrogen) atoms. The summed E-state index contributed by atoms with van der Waals surface area (Å²) in [6.45, 7) is 13.9. The predicted octanol–water partition coefficient (Wildman–Crippen LogP) is 4.54. The van der Waals surface area contributed by atoms with Crippen molar-refractivity contribution in [1.29, 1.82) is 0 Å². The second kappa shape index (κ2) is 7.43. The summed E-state index contributed by atoms with van der Waals surface area (Å²) in [7, 11) is -1.12. The van der Waals surface area contributed by atoms with E-state index in [-0.39, 0.29) is 0 Å². The molecule has 114 valence electrons. The third kappa shape index (κ3) is 3.96. The Hall–Kier alpha value is -0.586. The van der Waals surface area contributed by atoms with Crippen LogP contribution in [0.1, 0.15) is 33.3 Å². The lowest BCUT2D eigenvalue weighted by molar-refractivity contribution is 0.409. The lowest BCUT2D eigenvalue weighted by Crippen LogP contribution is -2.50. The van der Waals surface area contributed by atoms with E-state index in [0.717, 1.165) is 11.8 Å². The molecule has 0 spiro atoms. The Kier molecular flexibility index (Phi) is 6.49. The van der Waals surface area contributed by atoms with E-state index in [1.54, 1.807) is 7.11 Å². The Morgan fingerprint density at radius 2 is 1.60 bits per heavy atom. The van der Waals surface area contributed by atoms with Gasteiger partial charge in [0.15, 0.2) is 17.4 Å². The van der Waals surface area contributed by atoms with Gasteiger partial charge < -0.3 is 8.85 Å². The minimum atomic E-state index is -1.82. The molecule has 0 N–H and O–H groups in total. The van der Waals surface area contributed by atoms with Gasteiger partial charge in [-0.1, -0.05) is 45.9 Å². The first-order chi connectivity index (χ1) is 9.33. The average Bonchev–Trinajstić information content (AvgIpc) is 2.37. The van der Waals surface area contributed by atoms with Crippen molar-refractivity contribution in [2.24, 2.45) is 0 Å². The molecule has 0 saturated heterocycles. The monoisotopic (exact) mass is 310 g/mol. The first-order valence-corrected chi connectivity index (χ1v) is 12.7. The molecule has 0 aliphatic rings. The highest BCUT2D eigenvalue weighted by Gasteiger charge is 2.42. The van der Waals surface area contributed by atoms with Crippen LogP contribution in [0, 0.1) is 0 Å². The van der Waals surface area contributed by atoms with Crippen molar-refractivity contribution in [3.63, 3.8) is 0 Å². The van der Waals surface area contributed by atoms with Crippen LogP contribution in [-0.2, 0) is 10.2 Å². The predicted molar refractivity (Wildman–Crippen MR) is 92.6 cm³/mol. The van der Waals surface area contributed by atoms with E-state index in [4.69, 9.17) is 8.85 Å². The van der Waals surface area contributed by atoms with Crippen LogP contribution in [0.5, 0.6) is 5.75 Å². The number of para-hydroxylation sites is 1. The Labute approximate surface area is 127 Å². The summed E-state index contributed by atoms with van der Waals surface area (Å²) in [6, 6.07) is 9.44. The Balaban J connectivity index is 3.17. The van der Waals surface area contributed by atoms with Crippen molar-refractivity contribution in [2.75, 3.05) is 7.11 Å². The fourth-order valence-corrected chi connectivity index (χ4v) is 12.0. The zero-order valence-corrected chi connectivity index (χ0v) is 16.2. The fraction of sp³-hybridized carbons (Fsp3) is 0.625. The number of methoxy groups -OCH3 is 1. The zero-order valence-electron chi connectivity index (χ0n) is 14.1. The van der Waals surface area contributed by atoms with Gasteiger partial charge >= 0.3 is 0 Å².